The highest BCUT2D eigenvalue weighted by atomic mass is 79.9. The number of sulfonamides is 1. The number of benzene rings is 3. The molecule has 1 amide bonds. The van der Waals surface area contributed by atoms with Crippen molar-refractivity contribution in [2.75, 3.05) is 24.6 Å². The molecule has 1 atom stereocenters. The monoisotopic (exact) mass is 613 g/mol. The van der Waals surface area contributed by atoms with Gasteiger partial charge < -0.3 is 4.74 Å². The second kappa shape index (κ2) is 11.6. The average molecular weight is 615 g/mol. The minimum absolute atomic E-state index is 0.0616. The highest BCUT2D eigenvalue weighted by Crippen LogP contribution is 2.33. The predicted molar refractivity (Wildman–Crippen MR) is 154 cm³/mol. The Labute approximate surface area is 235 Å². The van der Waals surface area contributed by atoms with Gasteiger partial charge >= 0.3 is 0 Å². The van der Waals surface area contributed by atoms with Crippen LogP contribution < -0.4 is 4.90 Å². The summed E-state index contributed by atoms with van der Waals surface area (Å²) >= 11 is 4.94. The number of amides is 1. The summed E-state index contributed by atoms with van der Waals surface area (Å²) < 4.78 is 35.9. The van der Waals surface area contributed by atoms with Gasteiger partial charge in [-0.3, -0.25) is 9.69 Å². The second-order valence-corrected chi connectivity index (χ2v) is 13.0. The minimum atomic E-state index is -3.73. The molecule has 0 spiro atoms. The van der Waals surface area contributed by atoms with Crippen LogP contribution in [0.2, 0.25) is 0 Å². The molecule has 38 heavy (non-hydrogen) atoms. The average Bonchev–Trinajstić information content (AvgIpc) is 3.60. The summed E-state index contributed by atoms with van der Waals surface area (Å²) in [6.45, 7) is 3.51. The van der Waals surface area contributed by atoms with E-state index in [9.17, 15) is 13.2 Å². The Morgan fingerprint density at radius 3 is 2.55 bits per heavy atom. The number of hydrogen-bond donors (Lipinski definition) is 0. The Hall–Kier alpha value is -2.63. The minimum Gasteiger partial charge on any atom is -0.376 e. The third kappa shape index (κ3) is 5.84. The molecule has 2 heterocycles. The molecule has 0 bridgehead atoms. The molecule has 0 N–H and O–H groups in total. The van der Waals surface area contributed by atoms with Gasteiger partial charge in [0.25, 0.3) is 5.91 Å². The topological polar surface area (TPSA) is 79.8 Å². The Morgan fingerprint density at radius 2 is 1.87 bits per heavy atom. The van der Waals surface area contributed by atoms with Crippen molar-refractivity contribution < 1.29 is 17.9 Å². The van der Waals surface area contributed by atoms with Gasteiger partial charge in [-0.15, -0.1) is 0 Å². The van der Waals surface area contributed by atoms with Crippen molar-refractivity contribution in [2.24, 2.45) is 0 Å². The van der Waals surface area contributed by atoms with Gasteiger partial charge in [0.2, 0.25) is 10.0 Å². The lowest BCUT2D eigenvalue weighted by atomic mass is 10.2. The van der Waals surface area contributed by atoms with Crippen LogP contribution in [-0.2, 0) is 21.3 Å². The van der Waals surface area contributed by atoms with Crippen LogP contribution in [0.25, 0.3) is 10.2 Å². The van der Waals surface area contributed by atoms with Crippen molar-refractivity contribution in [3.05, 3.63) is 88.4 Å². The van der Waals surface area contributed by atoms with Crippen molar-refractivity contribution in [2.45, 2.75) is 37.3 Å². The van der Waals surface area contributed by atoms with E-state index in [0.717, 1.165) is 33.1 Å². The van der Waals surface area contributed by atoms with Gasteiger partial charge in [0, 0.05) is 29.7 Å². The first-order chi connectivity index (χ1) is 18.3. The number of thiazole rings is 1. The molecule has 3 aromatic carbocycles. The SMILES string of the molecule is CCN(Cc1ccccc1)S(=O)(=O)c1ccc(C(=O)N(CC2CCCO2)c2nc3ccc(Br)cc3s2)cc1. The molecular weight excluding hydrogens is 586 g/mol. The Bertz CT molecular complexity index is 1520. The van der Waals surface area contributed by atoms with E-state index in [1.165, 1.54) is 27.8 Å². The van der Waals surface area contributed by atoms with Crippen molar-refractivity contribution >= 4 is 58.5 Å². The maximum Gasteiger partial charge on any atom is 0.260 e. The number of hydrogen-bond acceptors (Lipinski definition) is 6. The lowest BCUT2D eigenvalue weighted by Gasteiger charge is -2.23. The van der Waals surface area contributed by atoms with E-state index in [0.29, 0.717) is 30.4 Å². The first-order valence-electron chi connectivity index (χ1n) is 12.5. The van der Waals surface area contributed by atoms with Crippen LogP contribution in [0, 0.1) is 0 Å². The summed E-state index contributed by atoms with van der Waals surface area (Å²) in [7, 11) is -3.73. The summed E-state index contributed by atoms with van der Waals surface area (Å²) in [5.74, 6) is -0.237. The zero-order chi connectivity index (χ0) is 26.7. The van der Waals surface area contributed by atoms with Crippen molar-refractivity contribution in [1.29, 1.82) is 0 Å². The summed E-state index contributed by atoms with van der Waals surface area (Å²) in [6, 6.07) is 21.5. The fourth-order valence-corrected chi connectivity index (χ4v) is 7.43. The van der Waals surface area contributed by atoms with Crippen molar-refractivity contribution in [3.63, 3.8) is 0 Å². The van der Waals surface area contributed by atoms with E-state index in [4.69, 9.17) is 9.72 Å². The first-order valence-corrected chi connectivity index (χ1v) is 15.5. The number of nitrogens with zero attached hydrogens (tertiary/aromatic N) is 3. The van der Waals surface area contributed by atoms with Gasteiger partial charge in [0.05, 0.1) is 27.8 Å². The molecule has 1 unspecified atom stereocenters. The Balaban J connectivity index is 1.41. The zero-order valence-corrected chi connectivity index (χ0v) is 24.1. The number of carbonyl (C=O) groups is 1. The fourth-order valence-electron chi connectivity index (χ4n) is 4.47. The molecule has 0 radical (unpaired) electrons. The number of fused-ring (bicyclic) bond motifs is 1. The summed E-state index contributed by atoms with van der Waals surface area (Å²) in [5, 5.41) is 0.593. The van der Waals surface area contributed by atoms with Crippen molar-refractivity contribution in [3.8, 4) is 0 Å². The van der Waals surface area contributed by atoms with Gasteiger partial charge in [0.15, 0.2) is 5.13 Å². The van der Waals surface area contributed by atoms with Crippen LogP contribution in [-0.4, -0.2) is 49.4 Å². The van der Waals surface area contributed by atoms with Crippen LogP contribution in [0.1, 0.15) is 35.7 Å². The quantitative estimate of drug-likeness (QED) is 0.228. The van der Waals surface area contributed by atoms with E-state index in [2.05, 4.69) is 15.9 Å². The van der Waals surface area contributed by atoms with Gasteiger partial charge in [-0.2, -0.15) is 4.31 Å². The van der Waals surface area contributed by atoms with E-state index in [1.54, 1.807) is 17.0 Å². The molecule has 1 fully saturated rings. The number of ether oxygens (including phenoxy) is 1. The molecule has 1 aromatic heterocycles. The molecule has 1 aliphatic rings. The third-order valence-corrected chi connectivity index (χ3v) is 9.99. The first kappa shape index (κ1) is 27.0. The summed E-state index contributed by atoms with van der Waals surface area (Å²) in [4.78, 5) is 20.3. The van der Waals surface area contributed by atoms with Crippen LogP contribution in [0.5, 0.6) is 0 Å². The van der Waals surface area contributed by atoms with Crippen LogP contribution in [0.15, 0.2) is 82.2 Å². The largest absolute Gasteiger partial charge is 0.376 e. The molecular formula is C28H28BrN3O4S2. The third-order valence-electron chi connectivity index (χ3n) is 6.52. The maximum absolute atomic E-state index is 13.7. The van der Waals surface area contributed by atoms with Crippen molar-refractivity contribution in [1.82, 2.24) is 9.29 Å². The molecule has 198 valence electrons. The lowest BCUT2D eigenvalue weighted by molar-refractivity contribution is 0.0917. The summed E-state index contributed by atoms with van der Waals surface area (Å²) in [6.07, 6.45) is 1.78. The highest BCUT2D eigenvalue weighted by Gasteiger charge is 2.28. The number of aromatic nitrogens is 1. The number of rotatable bonds is 9. The maximum atomic E-state index is 13.7. The predicted octanol–water partition coefficient (Wildman–Crippen LogP) is 6.10. The Kier molecular flexibility index (Phi) is 8.25. The zero-order valence-electron chi connectivity index (χ0n) is 20.9. The van der Waals surface area contributed by atoms with Gasteiger partial charge in [-0.25, -0.2) is 13.4 Å². The van der Waals surface area contributed by atoms with Crippen LogP contribution >= 0.6 is 27.3 Å². The summed E-state index contributed by atoms with van der Waals surface area (Å²) in [5.41, 5.74) is 2.13. The van der Waals surface area contributed by atoms with Crippen LogP contribution in [0.4, 0.5) is 5.13 Å². The molecule has 4 aromatic rings. The molecule has 1 saturated heterocycles. The number of halogens is 1. The molecule has 10 heteroatoms. The smallest absolute Gasteiger partial charge is 0.260 e. The standard InChI is InChI=1S/C28H28BrN3O4S2/c1-2-31(18-20-7-4-3-5-8-20)38(34,35)24-13-10-21(11-14-24)27(33)32(19-23-9-6-16-36-23)28-30-25-15-12-22(29)17-26(25)37-28/h3-5,7-8,10-15,17,23H,2,6,9,16,18-19H2,1H3. The van der Waals surface area contributed by atoms with Gasteiger partial charge in [-0.05, 0) is 60.9 Å². The van der Waals surface area contributed by atoms with Gasteiger partial charge in [-0.1, -0.05) is 64.5 Å². The molecule has 0 aliphatic carbocycles. The van der Waals surface area contributed by atoms with E-state index in [1.807, 2.05) is 55.5 Å². The number of carbonyl (C=O) groups excluding carboxylic acids is 1. The molecule has 0 saturated carbocycles. The van der Waals surface area contributed by atoms with Gasteiger partial charge in [0.1, 0.15) is 0 Å². The fraction of sp³-hybridized carbons (Fsp3) is 0.286. The molecule has 7 nitrogen and oxygen atoms in total. The lowest BCUT2D eigenvalue weighted by Crippen LogP contribution is -2.37. The van der Waals surface area contributed by atoms with E-state index < -0.39 is 10.0 Å². The normalized spacial score (nSPS) is 15.8. The van der Waals surface area contributed by atoms with Crippen LogP contribution in [0.3, 0.4) is 0 Å². The second-order valence-electron chi connectivity index (χ2n) is 9.10. The Morgan fingerprint density at radius 1 is 1.11 bits per heavy atom. The highest BCUT2D eigenvalue weighted by molar-refractivity contribution is 9.10. The number of anilines is 1. The molecule has 5 rings (SSSR count). The van der Waals surface area contributed by atoms with E-state index >= 15 is 0 Å². The molecule has 1 aliphatic heterocycles. The van der Waals surface area contributed by atoms with E-state index in [-0.39, 0.29) is 23.5 Å².